The van der Waals surface area contributed by atoms with Crippen LogP contribution in [0.4, 0.5) is 14.5 Å². The second-order valence-corrected chi connectivity index (χ2v) is 12.1. The van der Waals surface area contributed by atoms with Gasteiger partial charge in [0.1, 0.15) is 11.5 Å². The van der Waals surface area contributed by atoms with Crippen LogP contribution in [0.3, 0.4) is 0 Å². The molecule has 11 heteroatoms. The van der Waals surface area contributed by atoms with Gasteiger partial charge in [0.2, 0.25) is 0 Å². The van der Waals surface area contributed by atoms with E-state index in [4.69, 9.17) is 4.42 Å². The van der Waals surface area contributed by atoms with E-state index in [1.807, 2.05) is 25.1 Å². The molecule has 41 heavy (non-hydrogen) atoms. The number of hydroxylamine groups is 2. The van der Waals surface area contributed by atoms with Crippen LogP contribution >= 0.6 is 22.6 Å². The zero-order chi connectivity index (χ0) is 29.7. The molecule has 0 fully saturated rings. The number of ketones is 1. The number of carbonyl (C=O) groups is 2. The Labute approximate surface area is 249 Å². The summed E-state index contributed by atoms with van der Waals surface area (Å²) in [4.78, 5) is 27.1. The van der Waals surface area contributed by atoms with Gasteiger partial charge in [0.25, 0.3) is 5.91 Å². The Morgan fingerprint density at radius 3 is 2.61 bits per heavy atom. The maximum absolute atomic E-state index is 14.1. The number of amides is 1. The molecule has 0 radical (unpaired) electrons. The van der Waals surface area contributed by atoms with Gasteiger partial charge >= 0.3 is 3.93 Å². The van der Waals surface area contributed by atoms with Crippen LogP contribution in [0.5, 0.6) is 0 Å². The van der Waals surface area contributed by atoms with Crippen molar-refractivity contribution in [2.45, 2.75) is 61.7 Å². The Morgan fingerprint density at radius 2 is 1.93 bits per heavy atom. The van der Waals surface area contributed by atoms with Crippen molar-refractivity contribution >= 4 is 40.0 Å². The van der Waals surface area contributed by atoms with Gasteiger partial charge in [0.05, 0.1) is 22.6 Å². The number of Topliss-reactive ketones (excluding diaryl/α,β-unsaturated/α-hetero) is 1. The minimum atomic E-state index is -3.21. The van der Waals surface area contributed by atoms with E-state index in [2.05, 4.69) is 10.6 Å². The summed E-state index contributed by atoms with van der Waals surface area (Å²) in [5, 5.41) is 26.1. The number of allylic oxidation sites excluding steroid dienone is 7. The molecule has 0 bridgehead atoms. The van der Waals surface area contributed by atoms with E-state index in [1.165, 1.54) is 6.08 Å². The number of carbonyl (C=O) groups excluding carboxylic acids is 2. The van der Waals surface area contributed by atoms with Crippen LogP contribution in [0, 0.1) is 6.92 Å². The lowest BCUT2D eigenvalue weighted by Gasteiger charge is -2.35. The molecular weight excluding hydrogens is 647 g/mol. The summed E-state index contributed by atoms with van der Waals surface area (Å²) in [5.41, 5.74) is 1.84. The molecule has 1 aromatic heterocycles. The Balaban J connectivity index is 1.58. The van der Waals surface area contributed by atoms with Crippen molar-refractivity contribution in [3.05, 3.63) is 99.4 Å². The van der Waals surface area contributed by atoms with E-state index in [0.29, 0.717) is 47.6 Å². The van der Waals surface area contributed by atoms with Gasteiger partial charge in [-0.1, -0.05) is 24.3 Å². The molecule has 0 spiro atoms. The predicted octanol–water partition coefficient (Wildman–Crippen LogP) is 6.77. The maximum Gasteiger partial charge on any atom is 0.321 e. The monoisotopic (exact) mass is 677 g/mol. The number of aryl methyl sites for hydroxylation is 1. The van der Waals surface area contributed by atoms with Crippen LogP contribution < -0.4 is 10.6 Å². The summed E-state index contributed by atoms with van der Waals surface area (Å²) in [6.45, 7) is 5.31. The number of anilines is 1. The van der Waals surface area contributed by atoms with Crippen molar-refractivity contribution in [3.63, 3.8) is 0 Å². The van der Waals surface area contributed by atoms with Crippen LogP contribution in [0.25, 0.3) is 0 Å². The standard InChI is InChI=1S/C30H30F2IN3O5/c1-16-7-4-5-8-19(16)35-28(38)25-17(2)34-20-9-6-10-21(37)26(20)27(25)22-11-12-24(41-22)29(3)14-13-18(30(31,32)33)15-23(29)36(39)40/h4-5,7-8,11-13,15,27,34,39-40H,6,9-10,14H2,1-3H3,(H,35,38). The molecule has 5 rings (SSSR count). The van der Waals surface area contributed by atoms with Crippen LogP contribution in [-0.4, -0.2) is 31.3 Å². The van der Waals surface area contributed by atoms with Gasteiger partial charge in [-0.25, -0.2) is 0 Å². The molecule has 2 aromatic rings. The number of benzene rings is 1. The molecule has 8 nitrogen and oxygen atoms in total. The predicted molar refractivity (Wildman–Crippen MR) is 155 cm³/mol. The fraction of sp³-hybridized carbons (Fsp3) is 0.333. The molecule has 0 saturated heterocycles. The quantitative estimate of drug-likeness (QED) is 0.152. The third-order valence-corrected chi connectivity index (χ3v) is 8.62. The molecule has 2 atom stereocenters. The SMILES string of the molecule is CC1=C(C(=O)Nc2ccccc2C)C(c2ccc(C3(C)CC=C(C(F)(F)I)C=C3N(O)O)o2)C2=C(CCCC2=O)N1. The Bertz CT molecular complexity index is 1550. The third kappa shape index (κ3) is 5.38. The molecule has 1 aliphatic heterocycles. The molecule has 216 valence electrons. The third-order valence-electron chi connectivity index (χ3n) is 8.00. The first-order chi connectivity index (χ1) is 19.3. The molecular formula is C30H30F2IN3O5. The lowest BCUT2D eigenvalue weighted by atomic mass is 9.76. The fourth-order valence-electron chi connectivity index (χ4n) is 5.76. The summed E-state index contributed by atoms with van der Waals surface area (Å²) in [6.07, 6.45) is 4.02. The number of dihydropyridines is 1. The summed E-state index contributed by atoms with van der Waals surface area (Å²) in [5.74, 6) is -0.723. The average Bonchev–Trinajstić information content (AvgIpc) is 3.39. The lowest BCUT2D eigenvalue weighted by molar-refractivity contribution is -0.285. The van der Waals surface area contributed by atoms with E-state index in [0.717, 1.165) is 39.9 Å². The topological polar surface area (TPSA) is 115 Å². The van der Waals surface area contributed by atoms with Crippen LogP contribution in [0.2, 0.25) is 0 Å². The highest BCUT2D eigenvalue weighted by molar-refractivity contribution is 14.1. The summed E-state index contributed by atoms with van der Waals surface area (Å²) in [7, 11) is 0. The van der Waals surface area contributed by atoms with Crippen molar-refractivity contribution in [1.29, 1.82) is 0 Å². The largest absolute Gasteiger partial charge is 0.464 e. The second-order valence-electron chi connectivity index (χ2n) is 10.7. The first-order valence-electron chi connectivity index (χ1n) is 13.2. The number of furan rings is 1. The van der Waals surface area contributed by atoms with Crippen LogP contribution in [-0.2, 0) is 15.0 Å². The number of nitrogens with one attached hydrogen (secondary N) is 2. The molecule has 1 amide bonds. The number of para-hydroxylation sites is 1. The molecule has 2 heterocycles. The second kappa shape index (κ2) is 10.8. The molecule has 1 aromatic carbocycles. The van der Waals surface area contributed by atoms with Gasteiger partial charge in [-0.3, -0.25) is 20.0 Å². The zero-order valence-corrected chi connectivity index (χ0v) is 24.9. The highest BCUT2D eigenvalue weighted by atomic mass is 127. The van der Waals surface area contributed by atoms with E-state index >= 15 is 0 Å². The summed E-state index contributed by atoms with van der Waals surface area (Å²) < 4.78 is 31.2. The number of rotatable bonds is 6. The summed E-state index contributed by atoms with van der Waals surface area (Å²) >= 11 is 0.991. The van der Waals surface area contributed by atoms with Gasteiger partial charge in [-0.15, -0.1) is 5.23 Å². The average molecular weight is 677 g/mol. The van der Waals surface area contributed by atoms with Crippen LogP contribution in [0.15, 0.2) is 86.8 Å². The smallest absolute Gasteiger partial charge is 0.321 e. The Hall–Kier alpha value is -3.29. The maximum atomic E-state index is 14.1. The van der Waals surface area contributed by atoms with Crippen LogP contribution in [0.1, 0.15) is 62.5 Å². The molecule has 0 saturated carbocycles. The van der Waals surface area contributed by atoms with Crippen molar-refractivity contribution in [2.24, 2.45) is 0 Å². The zero-order valence-electron chi connectivity index (χ0n) is 22.7. The number of hydrogen-bond donors (Lipinski definition) is 4. The fourth-order valence-corrected chi connectivity index (χ4v) is 6.14. The minimum Gasteiger partial charge on any atom is -0.464 e. The number of nitrogens with zero attached hydrogens (tertiary/aromatic N) is 1. The van der Waals surface area contributed by atoms with Crippen molar-refractivity contribution in [2.75, 3.05) is 5.32 Å². The highest BCUT2D eigenvalue weighted by Gasteiger charge is 2.45. The van der Waals surface area contributed by atoms with Crippen molar-refractivity contribution in [3.8, 4) is 0 Å². The Morgan fingerprint density at radius 1 is 1.20 bits per heavy atom. The summed E-state index contributed by atoms with van der Waals surface area (Å²) in [6, 6.07) is 10.6. The first kappa shape index (κ1) is 29.2. The lowest BCUT2D eigenvalue weighted by Crippen LogP contribution is -2.36. The van der Waals surface area contributed by atoms with E-state index in [-0.39, 0.29) is 34.5 Å². The normalized spacial score (nSPS) is 23.0. The highest BCUT2D eigenvalue weighted by Crippen LogP contribution is 2.48. The molecule has 2 aliphatic carbocycles. The van der Waals surface area contributed by atoms with Gasteiger partial charge in [0, 0.05) is 57.2 Å². The van der Waals surface area contributed by atoms with Gasteiger partial charge in [0.15, 0.2) is 5.78 Å². The van der Waals surface area contributed by atoms with E-state index < -0.39 is 21.2 Å². The molecule has 4 N–H and O–H groups in total. The van der Waals surface area contributed by atoms with Crippen molar-refractivity contribution < 1.29 is 33.2 Å². The number of halogens is 3. The van der Waals surface area contributed by atoms with E-state index in [9.17, 15) is 28.8 Å². The number of hydrogen-bond acceptors (Lipinski definition) is 7. The molecule has 3 aliphatic rings. The van der Waals surface area contributed by atoms with Crippen molar-refractivity contribution in [1.82, 2.24) is 10.5 Å². The van der Waals surface area contributed by atoms with E-state index in [1.54, 1.807) is 32.0 Å². The van der Waals surface area contributed by atoms with Gasteiger partial charge in [-0.2, -0.15) is 8.78 Å². The first-order valence-corrected chi connectivity index (χ1v) is 14.3. The van der Waals surface area contributed by atoms with Gasteiger partial charge < -0.3 is 15.1 Å². The van der Waals surface area contributed by atoms with Gasteiger partial charge in [-0.05, 0) is 69.9 Å². The molecule has 2 unspecified atom stereocenters. The Kier molecular flexibility index (Phi) is 7.72. The number of alkyl halides is 3. The minimum absolute atomic E-state index is 0.00801.